The summed E-state index contributed by atoms with van der Waals surface area (Å²) in [6.45, 7) is 1.94. The first-order valence-electron chi connectivity index (χ1n) is 7.76. The highest BCUT2D eigenvalue weighted by Crippen LogP contribution is 2.38. The lowest BCUT2D eigenvalue weighted by Gasteiger charge is -2.16. The molecule has 0 amide bonds. The minimum Gasteiger partial charge on any atom is -0.496 e. The molecule has 4 nitrogen and oxygen atoms in total. The molecule has 3 aromatic rings. The predicted molar refractivity (Wildman–Crippen MR) is 108 cm³/mol. The molecule has 26 heavy (non-hydrogen) atoms. The summed E-state index contributed by atoms with van der Waals surface area (Å²) in [4.78, 5) is 4.46. The van der Waals surface area contributed by atoms with E-state index in [2.05, 4.69) is 27.0 Å². The van der Waals surface area contributed by atoms with Crippen molar-refractivity contribution in [3.63, 3.8) is 0 Å². The molecule has 0 aliphatic rings. The molecule has 2 aromatic carbocycles. The Balaban J connectivity index is 2.29. The molecule has 0 atom stereocenters. The Morgan fingerprint density at radius 2 is 1.81 bits per heavy atom. The summed E-state index contributed by atoms with van der Waals surface area (Å²) in [6.07, 6.45) is 0. The van der Waals surface area contributed by atoms with Crippen LogP contribution in [0.2, 0.25) is 5.02 Å². The zero-order chi connectivity index (χ0) is 18.8. The average Bonchev–Trinajstić information content (AvgIpc) is 2.63. The van der Waals surface area contributed by atoms with Crippen LogP contribution < -0.4 is 10.5 Å². The fourth-order valence-electron chi connectivity index (χ4n) is 2.88. The molecule has 0 bridgehead atoms. The summed E-state index contributed by atoms with van der Waals surface area (Å²) in [5.74, 6) is 0.912. The van der Waals surface area contributed by atoms with Gasteiger partial charge in [0, 0.05) is 16.1 Å². The fourth-order valence-corrected chi connectivity index (χ4v) is 3.55. The van der Waals surface area contributed by atoms with Crippen LogP contribution in [0.5, 0.6) is 5.75 Å². The Morgan fingerprint density at radius 3 is 2.38 bits per heavy atom. The number of nitrogen functional groups attached to an aromatic ring is 1. The van der Waals surface area contributed by atoms with Crippen molar-refractivity contribution in [2.45, 2.75) is 6.92 Å². The Morgan fingerprint density at radius 1 is 1.15 bits per heavy atom. The van der Waals surface area contributed by atoms with E-state index in [0.29, 0.717) is 16.3 Å². The normalized spacial score (nSPS) is 10.4. The topological polar surface area (TPSA) is 71.9 Å². The van der Waals surface area contributed by atoms with Crippen molar-refractivity contribution in [2.24, 2.45) is 0 Å². The number of nitrogens with two attached hydrogens (primary N) is 1. The van der Waals surface area contributed by atoms with Crippen molar-refractivity contribution in [2.75, 3.05) is 12.8 Å². The largest absolute Gasteiger partial charge is 0.496 e. The molecule has 0 aliphatic heterocycles. The third-order valence-corrected chi connectivity index (χ3v) is 5.01. The van der Waals surface area contributed by atoms with Crippen molar-refractivity contribution >= 4 is 33.3 Å². The first-order chi connectivity index (χ1) is 12.5. The van der Waals surface area contributed by atoms with E-state index >= 15 is 0 Å². The van der Waals surface area contributed by atoms with E-state index in [1.807, 2.05) is 37.3 Å². The number of hydrogen-bond acceptors (Lipinski definition) is 4. The number of methoxy groups -OCH3 is 1. The third-order valence-electron chi connectivity index (χ3n) is 4.14. The lowest BCUT2D eigenvalue weighted by molar-refractivity contribution is 0.412. The van der Waals surface area contributed by atoms with Crippen molar-refractivity contribution in [1.82, 2.24) is 4.98 Å². The first-order valence-corrected chi connectivity index (χ1v) is 8.93. The van der Waals surface area contributed by atoms with Crippen LogP contribution >= 0.6 is 27.5 Å². The molecule has 3 rings (SSSR count). The highest BCUT2D eigenvalue weighted by atomic mass is 79.9. The summed E-state index contributed by atoms with van der Waals surface area (Å²) >= 11 is 9.48. The molecule has 0 spiro atoms. The highest BCUT2D eigenvalue weighted by molar-refractivity contribution is 9.10. The van der Waals surface area contributed by atoms with Gasteiger partial charge in [-0.3, -0.25) is 0 Å². The summed E-state index contributed by atoms with van der Waals surface area (Å²) in [6, 6.07) is 15.2. The van der Waals surface area contributed by atoms with E-state index in [9.17, 15) is 5.26 Å². The van der Waals surface area contributed by atoms with E-state index < -0.39 is 0 Å². The Labute approximate surface area is 165 Å². The number of hydrogen-bond donors (Lipinski definition) is 1. The van der Waals surface area contributed by atoms with Gasteiger partial charge in [0.05, 0.1) is 17.3 Å². The van der Waals surface area contributed by atoms with Gasteiger partial charge in [0.15, 0.2) is 0 Å². The molecule has 0 fully saturated rings. The van der Waals surface area contributed by atoms with Crippen LogP contribution in [0.1, 0.15) is 11.1 Å². The van der Waals surface area contributed by atoms with Gasteiger partial charge in [-0.1, -0.05) is 29.8 Å². The van der Waals surface area contributed by atoms with E-state index in [1.165, 1.54) is 0 Å². The summed E-state index contributed by atoms with van der Waals surface area (Å²) < 4.78 is 6.08. The van der Waals surface area contributed by atoms with Gasteiger partial charge in [-0.15, -0.1) is 0 Å². The maximum Gasteiger partial charge on any atom is 0.142 e. The second kappa shape index (κ2) is 7.36. The number of halogens is 2. The van der Waals surface area contributed by atoms with Crippen LogP contribution in [-0.4, -0.2) is 12.1 Å². The van der Waals surface area contributed by atoms with E-state index in [-0.39, 0.29) is 5.82 Å². The second-order valence-corrected chi connectivity index (χ2v) is 6.98. The molecular formula is C20H15BrClN3O. The van der Waals surface area contributed by atoms with Crippen molar-refractivity contribution in [1.29, 1.82) is 5.26 Å². The molecule has 0 unspecified atom stereocenters. The lowest BCUT2D eigenvalue weighted by atomic mass is 9.93. The molecule has 2 N–H and O–H groups in total. The van der Waals surface area contributed by atoms with Crippen molar-refractivity contribution < 1.29 is 4.74 Å². The molecule has 1 aromatic heterocycles. The molecule has 0 aliphatic carbocycles. The molecular weight excluding hydrogens is 414 g/mol. The number of nitrogens with zero attached hydrogens (tertiary/aromatic N) is 2. The van der Waals surface area contributed by atoms with Crippen LogP contribution in [0.4, 0.5) is 5.82 Å². The predicted octanol–water partition coefficient (Wildman–Crippen LogP) is 5.60. The zero-order valence-electron chi connectivity index (χ0n) is 14.2. The zero-order valence-corrected chi connectivity index (χ0v) is 16.5. The molecule has 6 heteroatoms. The molecule has 0 saturated heterocycles. The number of pyridine rings is 1. The van der Waals surface area contributed by atoms with Gasteiger partial charge >= 0.3 is 0 Å². The lowest BCUT2D eigenvalue weighted by Crippen LogP contribution is -2.03. The number of anilines is 1. The van der Waals surface area contributed by atoms with E-state index in [0.717, 1.165) is 32.4 Å². The van der Waals surface area contributed by atoms with Crippen LogP contribution in [0.15, 0.2) is 46.9 Å². The molecule has 130 valence electrons. The summed E-state index contributed by atoms with van der Waals surface area (Å²) in [5.41, 5.74) is 10.6. The monoisotopic (exact) mass is 427 g/mol. The van der Waals surface area contributed by atoms with Gasteiger partial charge in [-0.05, 0) is 58.2 Å². The maximum atomic E-state index is 9.63. The number of ether oxygens (including phenoxy) is 1. The van der Waals surface area contributed by atoms with Crippen LogP contribution in [-0.2, 0) is 0 Å². The van der Waals surface area contributed by atoms with Crippen molar-refractivity contribution in [3.05, 3.63) is 63.1 Å². The van der Waals surface area contributed by atoms with Gasteiger partial charge in [0.1, 0.15) is 23.2 Å². The average molecular weight is 429 g/mol. The Hall–Kier alpha value is -2.55. The molecule has 0 radical (unpaired) electrons. The van der Waals surface area contributed by atoms with Gasteiger partial charge < -0.3 is 10.5 Å². The number of nitriles is 1. The van der Waals surface area contributed by atoms with Gasteiger partial charge in [0.2, 0.25) is 0 Å². The Kier molecular flexibility index (Phi) is 5.17. The minimum atomic E-state index is 0.199. The highest BCUT2D eigenvalue weighted by Gasteiger charge is 2.19. The quantitative estimate of drug-likeness (QED) is 0.589. The van der Waals surface area contributed by atoms with Crippen LogP contribution in [0.25, 0.3) is 22.4 Å². The fraction of sp³-hybridized carbons (Fsp3) is 0.100. The Bertz CT molecular complexity index is 1030. The second-order valence-electron chi connectivity index (χ2n) is 5.69. The van der Waals surface area contributed by atoms with Gasteiger partial charge in [-0.25, -0.2) is 4.98 Å². The third kappa shape index (κ3) is 3.26. The molecule has 0 saturated carbocycles. The number of benzene rings is 2. The SMILES string of the molecule is COc1ccc(-c2c(C)c(-c3ccc(Cl)cc3)nc(N)c2C#N)cc1Br. The number of rotatable bonds is 3. The minimum absolute atomic E-state index is 0.199. The standard InChI is InChI=1S/C20H15BrClN3O/c1-11-18(13-5-8-17(26-2)16(21)9-13)15(10-23)20(24)25-19(11)12-3-6-14(22)7-4-12/h3-9H,1-2H3,(H2,24,25). The van der Waals surface area contributed by atoms with Gasteiger partial charge in [0.25, 0.3) is 0 Å². The maximum absolute atomic E-state index is 9.63. The van der Waals surface area contributed by atoms with Crippen LogP contribution in [0, 0.1) is 18.3 Å². The first kappa shape index (κ1) is 18.2. The summed E-state index contributed by atoms with van der Waals surface area (Å²) in [5, 5.41) is 10.3. The van der Waals surface area contributed by atoms with E-state index in [1.54, 1.807) is 19.2 Å². The number of aromatic nitrogens is 1. The van der Waals surface area contributed by atoms with E-state index in [4.69, 9.17) is 22.1 Å². The van der Waals surface area contributed by atoms with Crippen LogP contribution in [0.3, 0.4) is 0 Å². The van der Waals surface area contributed by atoms with Gasteiger partial charge in [-0.2, -0.15) is 5.26 Å². The molecule has 1 heterocycles. The smallest absolute Gasteiger partial charge is 0.142 e. The summed E-state index contributed by atoms with van der Waals surface area (Å²) in [7, 11) is 1.61. The van der Waals surface area contributed by atoms with Crippen molar-refractivity contribution in [3.8, 4) is 34.2 Å².